The highest BCUT2D eigenvalue weighted by Gasteiger charge is 2.79. The Morgan fingerprint density at radius 3 is 2.33 bits per heavy atom. The normalized spacial score (nSPS) is 29.9. The number of benzene rings is 2. The predicted octanol–water partition coefficient (Wildman–Crippen LogP) is 7.83. The van der Waals surface area contributed by atoms with Gasteiger partial charge in [0.1, 0.15) is 5.60 Å². The van der Waals surface area contributed by atoms with Gasteiger partial charge in [0, 0.05) is 36.9 Å². The van der Waals surface area contributed by atoms with Crippen molar-refractivity contribution in [1.82, 2.24) is 4.90 Å². The summed E-state index contributed by atoms with van der Waals surface area (Å²) < 4.78 is 71.9. The van der Waals surface area contributed by atoms with Crippen LogP contribution in [-0.4, -0.2) is 53.0 Å². The second-order valence-electron chi connectivity index (χ2n) is 13.6. The third kappa shape index (κ3) is 5.06. The molecule has 2 aromatic carbocycles. The van der Waals surface area contributed by atoms with Crippen molar-refractivity contribution >= 4 is 11.7 Å². The number of ketones is 1. The van der Waals surface area contributed by atoms with Gasteiger partial charge in [0.2, 0.25) is 0 Å². The third-order valence-electron chi connectivity index (χ3n) is 11.2. The van der Waals surface area contributed by atoms with Crippen molar-refractivity contribution < 1.29 is 36.6 Å². The molecule has 1 N–H and O–H groups in total. The fourth-order valence-corrected chi connectivity index (χ4v) is 8.84. The molecule has 0 radical (unpaired) electrons. The number of alkyl halides is 5. The van der Waals surface area contributed by atoms with Crippen LogP contribution < -0.4 is 0 Å². The van der Waals surface area contributed by atoms with Crippen molar-refractivity contribution in [3.63, 3.8) is 0 Å². The zero-order chi connectivity index (χ0) is 32.4. The van der Waals surface area contributed by atoms with Crippen LogP contribution in [0.2, 0.25) is 0 Å². The maximum atomic E-state index is 15.2. The van der Waals surface area contributed by atoms with E-state index in [9.17, 15) is 27.9 Å². The quantitative estimate of drug-likeness (QED) is 0.332. The fourth-order valence-electron chi connectivity index (χ4n) is 8.84. The summed E-state index contributed by atoms with van der Waals surface area (Å²) in [5.41, 5.74) is 0.209. The van der Waals surface area contributed by atoms with Gasteiger partial charge in [-0.05, 0) is 97.3 Å². The number of amides is 1. The number of carbonyl (C=O) groups is 2. The number of halogens is 5. The number of nitrogens with zero attached hydrogens (tertiary/aromatic N) is 1. The van der Waals surface area contributed by atoms with Gasteiger partial charge in [-0.2, -0.15) is 22.0 Å². The lowest BCUT2D eigenvalue weighted by Crippen LogP contribution is -2.65. The van der Waals surface area contributed by atoms with E-state index < -0.39 is 41.4 Å². The molecule has 2 unspecified atom stereocenters. The maximum absolute atomic E-state index is 15.2. The summed E-state index contributed by atoms with van der Waals surface area (Å²) in [4.78, 5) is 27.2. The van der Waals surface area contributed by atoms with Crippen LogP contribution >= 0.6 is 0 Å². The van der Waals surface area contributed by atoms with Crippen molar-refractivity contribution in [3.05, 3.63) is 94.1 Å². The van der Waals surface area contributed by atoms with Crippen LogP contribution in [0.25, 0.3) is 0 Å². The number of fused-ring (bicyclic) bond motifs is 4. The molecule has 0 bridgehead atoms. The number of hydrogen-bond donors (Lipinski definition) is 1. The Kier molecular flexibility index (Phi) is 7.86. The molecular formula is C36H38F5NO3. The van der Waals surface area contributed by atoms with Crippen LogP contribution in [0.3, 0.4) is 0 Å². The Bertz CT molecular complexity index is 1550. The van der Waals surface area contributed by atoms with Crippen LogP contribution in [0.5, 0.6) is 0 Å². The van der Waals surface area contributed by atoms with Crippen LogP contribution in [0.4, 0.5) is 22.0 Å². The van der Waals surface area contributed by atoms with Crippen LogP contribution in [0, 0.1) is 17.3 Å². The molecule has 0 heterocycles. The largest absolute Gasteiger partial charge is 0.456 e. The van der Waals surface area contributed by atoms with Gasteiger partial charge in [-0.15, -0.1) is 0 Å². The topological polar surface area (TPSA) is 57.6 Å². The van der Waals surface area contributed by atoms with E-state index in [0.29, 0.717) is 49.8 Å². The lowest BCUT2D eigenvalue weighted by atomic mass is 9.50. The monoisotopic (exact) mass is 627 g/mol. The molecule has 1 amide bonds. The summed E-state index contributed by atoms with van der Waals surface area (Å²) in [6.07, 6.45) is -2.34. The first-order valence-corrected chi connectivity index (χ1v) is 15.7. The molecule has 4 aliphatic carbocycles. The van der Waals surface area contributed by atoms with E-state index >= 15 is 8.78 Å². The Morgan fingerprint density at radius 1 is 0.978 bits per heavy atom. The maximum Gasteiger partial charge on any atom is 0.456 e. The van der Waals surface area contributed by atoms with Crippen molar-refractivity contribution in [1.29, 1.82) is 0 Å². The average molecular weight is 628 g/mol. The molecule has 4 nitrogen and oxygen atoms in total. The van der Waals surface area contributed by atoms with E-state index in [1.165, 1.54) is 6.92 Å². The van der Waals surface area contributed by atoms with E-state index in [2.05, 4.69) is 0 Å². The zero-order valence-corrected chi connectivity index (χ0v) is 25.5. The van der Waals surface area contributed by atoms with Gasteiger partial charge in [0.15, 0.2) is 5.78 Å². The van der Waals surface area contributed by atoms with Crippen molar-refractivity contribution in [2.24, 2.45) is 17.3 Å². The van der Waals surface area contributed by atoms with Crippen molar-refractivity contribution in [2.45, 2.75) is 81.9 Å². The number of rotatable bonds is 6. The van der Waals surface area contributed by atoms with Gasteiger partial charge in [-0.25, -0.2) is 0 Å². The molecule has 0 spiro atoms. The molecule has 2 saturated carbocycles. The lowest BCUT2D eigenvalue weighted by molar-refractivity contribution is -0.362. The van der Waals surface area contributed by atoms with E-state index in [4.69, 9.17) is 0 Å². The number of likely N-dealkylation sites (N-methyl/N-ethyl adjacent to an activating group) is 1. The van der Waals surface area contributed by atoms with Crippen molar-refractivity contribution in [3.8, 4) is 0 Å². The van der Waals surface area contributed by atoms with E-state index in [1.807, 2.05) is 30.3 Å². The second-order valence-corrected chi connectivity index (χ2v) is 13.6. The Labute approximate surface area is 260 Å². The molecule has 0 aliphatic heterocycles. The molecule has 5 atom stereocenters. The summed E-state index contributed by atoms with van der Waals surface area (Å²) in [6.45, 7) is 1.92. The first kappa shape index (κ1) is 31.6. The van der Waals surface area contributed by atoms with Crippen LogP contribution in [-0.2, 0) is 11.2 Å². The summed E-state index contributed by atoms with van der Waals surface area (Å²) in [6, 6.07) is 16.7. The SMILES string of the molecule is CN(CCc1ccccc1)C(=O)c1ccc([C@H]2CC3(C)[C@@H](CC[C@@]3(O)C(F)(F)C(F)(F)F)C3CCC4=CC(=O)CCC4=C32)cc1. The average Bonchev–Trinajstić information content (AvgIpc) is 3.30. The second kappa shape index (κ2) is 11.2. The minimum absolute atomic E-state index is 0.0318. The van der Waals surface area contributed by atoms with E-state index in [1.54, 1.807) is 42.3 Å². The Morgan fingerprint density at radius 2 is 1.67 bits per heavy atom. The minimum atomic E-state index is -5.89. The smallest absolute Gasteiger partial charge is 0.383 e. The predicted molar refractivity (Wildman–Crippen MR) is 160 cm³/mol. The van der Waals surface area contributed by atoms with Gasteiger partial charge < -0.3 is 10.0 Å². The number of carbonyl (C=O) groups excluding carboxylic acids is 2. The van der Waals surface area contributed by atoms with Gasteiger partial charge in [0.05, 0.1) is 0 Å². The van der Waals surface area contributed by atoms with Gasteiger partial charge in [0.25, 0.3) is 5.91 Å². The third-order valence-corrected chi connectivity index (χ3v) is 11.2. The minimum Gasteiger partial charge on any atom is -0.383 e. The standard InChI is InChI=1S/C36H38F5NO3/c1-33-21-29(23-8-10-24(11-9-23)32(44)42(2)19-17-22-6-4-3-5-7-22)31-27-15-13-26(43)20-25(27)12-14-28(31)30(33)16-18-34(33,45)35(37,38)36(39,40)41/h3-11,20,28-30,45H,12-19,21H2,1-2H3/t28?,29-,30+,33?,34+/m1/s1. The Hall–Kier alpha value is -3.33. The zero-order valence-electron chi connectivity index (χ0n) is 25.5. The highest BCUT2D eigenvalue weighted by molar-refractivity contribution is 5.94. The lowest BCUT2D eigenvalue weighted by Gasteiger charge is -2.56. The molecule has 9 heteroatoms. The highest BCUT2D eigenvalue weighted by atomic mass is 19.4. The van der Waals surface area contributed by atoms with Crippen LogP contribution in [0.1, 0.15) is 79.3 Å². The molecule has 2 aromatic rings. The van der Waals surface area contributed by atoms with E-state index in [0.717, 1.165) is 22.3 Å². The number of allylic oxidation sites excluding steroid dienone is 4. The molecule has 45 heavy (non-hydrogen) atoms. The summed E-state index contributed by atoms with van der Waals surface area (Å²) >= 11 is 0. The molecule has 4 aliphatic rings. The molecule has 0 saturated heterocycles. The van der Waals surface area contributed by atoms with E-state index in [-0.39, 0.29) is 30.4 Å². The summed E-state index contributed by atoms with van der Waals surface area (Å²) in [7, 11) is 1.72. The molecule has 240 valence electrons. The summed E-state index contributed by atoms with van der Waals surface area (Å²) in [5, 5.41) is 11.4. The molecule has 6 rings (SSSR count). The van der Waals surface area contributed by atoms with Crippen molar-refractivity contribution in [2.75, 3.05) is 13.6 Å². The first-order chi connectivity index (χ1) is 21.2. The molecular weight excluding hydrogens is 589 g/mol. The van der Waals surface area contributed by atoms with Gasteiger partial charge in [-0.3, -0.25) is 9.59 Å². The van der Waals surface area contributed by atoms with Gasteiger partial charge in [-0.1, -0.05) is 55.0 Å². The van der Waals surface area contributed by atoms with Gasteiger partial charge >= 0.3 is 12.1 Å². The van der Waals surface area contributed by atoms with Crippen LogP contribution in [0.15, 0.2) is 77.4 Å². The highest BCUT2D eigenvalue weighted by Crippen LogP contribution is 2.70. The number of hydrogen-bond acceptors (Lipinski definition) is 3. The first-order valence-electron chi connectivity index (χ1n) is 15.7. The fraction of sp³-hybridized carbons (Fsp3) is 0.500. The summed E-state index contributed by atoms with van der Waals surface area (Å²) in [5.74, 6) is -6.83. The molecule has 2 fully saturated rings. The molecule has 0 aromatic heterocycles. The number of aliphatic hydroxyl groups is 1. The Balaban J connectivity index is 1.36.